The molecule has 4 nitrogen and oxygen atoms in total. The largest absolute Gasteiger partial charge is 0.393 e. The number of nitrogens with one attached hydrogen (secondary N) is 1. The van der Waals surface area contributed by atoms with E-state index in [4.69, 9.17) is 5.11 Å². The van der Waals surface area contributed by atoms with Crippen LogP contribution < -0.4 is 5.32 Å². The number of aliphatic hydroxyl groups is 1. The van der Waals surface area contributed by atoms with E-state index in [0.717, 1.165) is 10.9 Å². The van der Waals surface area contributed by atoms with Gasteiger partial charge in [-0.2, -0.15) is 0 Å². The first kappa shape index (κ1) is 12.5. The number of fused-ring (bicyclic) bond motifs is 1. The number of aliphatic hydroxyl groups excluding tert-OH is 1. The molecule has 2 aromatic rings. The number of nitrogens with zero attached hydrogens (tertiary/aromatic N) is 1. The minimum atomic E-state index is -0.403. The lowest BCUT2D eigenvalue weighted by Gasteiger charge is -2.08. The maximum Gasteiger partial charge on any atom is 0.252 e. The number of benzene rings is 1. The molecule has 4 heteroatoms. The zero-order valence-electron chi connectivity index (χ0n) is 10.3. The van der Waals surface area contributed by atoms with Crippen LogP contribution in [0.2, 0.25) is 0 Å². The highest BCUT2D eigenvalue weighted by Gasteiger charge is 2.09. The van der Waals surface area contributed by atoms with E-state index in [1.54, 1.807) is 19.2 Å². The van der Waals surface area contributed by atoms with E-state index in [1.165, 1.54) is 0 Å². The van der Waals surface area contributed by atoms with Gasteiger partial charge in [0.15, 0.2) is 0 Å². The van der Waals surface area contributed by atoms with Crippen molar-refractivity contribution in [2.24, 2.45) is 0 Å². The van der Waals surface area contributed by atoms with Gasteiger partial charge in [0.05, 0.1) is 17.2 Å². The molecule has 0 aliphatic rings. The van der Waals surface area contributed by atoms with Gasteiger partial charge < -0.3 is 10.4 Å². The third-order valence-electron chi connectivity index (χ3n) is 2.74. The lowest BCUT2D eigenvalue weighted by molar-refractivity contribution is 0.0947. The molecule has 0 spiro atoms. The van der Waals surface area contributed by atoms with Gasteiger partial charge in [0.1, 0.15) is 0 Å². The Bertz CT molecular complexity index is 547. The number of pyridine rings is 1. The Labute approximate surface area is 106 Å². The fourth-order valence-electron chi connectivity index (χ4n) is 1.78. The van der Waals surface area contributed by atoms with Gasteiger partial charge in [-0.1, -0.05) is 18.2 Å². The molecule has 0 saturated carbocycles. The predicted octanol–water partition coefficient (Wildman–Crippen LogP) is 1.74. The molecule has 1 aromatic carbocycles. The molecule has 0 aliphatic heterocycles. The molecule has 1 heterocycles. The molecule has 1 amide bonds. The van der Waals surface area contributed by atoms with Crippen molar-refractivity contribution in [3.63, 3.8) is 0 Å². The van der Waals surface area contributed by atoms with Crippen molar-refractivity contribution in [2.45, 2.75) is 19.4 Å². The Kier molecular flexibility index (Phi) is 3.89. The third kappa shape index (κ3) is 2.84. The second kappa shape index (κ2) is 5.60. The molecule has 2 N–H and O–H groups in total. The van der Waals surface area contributed by atoms with E-state index >= 15 is 0 Å². The molecule has 0 bridgehead atoms. The Balaban J connectivity index is 2.17. The average molecular weight is 244 g/mol. The summed E-state index contributed by atoms with van der Waals surface area (Å²) in [5, 5.41) is 12.8. The van der Waals surface area contributed by atoms with E-state index in [9.17, 15) is 4.79 Å². The highest BCUT2D eigenvalue weighted by Crippen LogP contribution is 2.15. The number of amides is 1. The Morgan fingerprint density at radius 3 is 2.94 bits per heavy atom. The summed E-state index contributed by atoms with van der Waals surface area (Å²) in [7, 11) is 0. The smallest absolute Gasteiger partial charge is 0.252 e. The standard InChI is InChI=1S/C14H16N2O2/c1-10(17)6-8-16-14(18)12-7-9-15-13-5-3-2-4-11(12)13/h2-5,7,9-10,17H,6,8H2,1H3,(H,16,18). The fraction of sp³-hybridized carbons (Fsp3) is 0.286. The van der Waals surface area contributed by atoms with E-state index in [0.29, 0.717) is 18.5 Å². The van der Waals surface area contributed by atoms with Gasteiger partial charge in [0.2, 0.25) is 0 Å². The van der Waals surface area contributed by atoms with Crippen LogP contribution in [0.25, 0.3) is 10.9 Å². The van der Waals surface area contributed by atoms with Crippen molar-refractivity contribution in [3.05, 3.63) is 42.1 Å². The number of para-hydroxylation sites is 1. The monoisotopic (exact) mass is 244 g/mol. The van der Waals surface area contributed by atoms with Gasteiger partial charge in [-0.15, -0.1) is 0 Å². The van der Waals surface area contributed by atoms with E-state index in [2.05, 4.69) is 10.3 Å². The normalized spacial score (nSPS) is 12.3. The zero-order chi connectivity index (χ0) is 13.0. The Morgan fingerprint density at radius 2 is 2.17 bits per heavy atom. The Hall–Kier alpha value is -1.94. The summed E-state index contributed by atoms with van der Waals surface area (Å²) in [5.74, 6) is -0.130. The fourth-order valence-corrected chi connectivity index (χ4v) is 1.78. The molecule has 94 valence electrons. The molecule has 0 radical (unpaired) electrons. The van der Waals surface area contributed by atoms with Crippen LogP contribution in [0.4, 0.5) is 0 Å². The second-order valence-corrected chi connectivity index (χ2v) is 4.27. The molecule has 0 fully saturated rings. The maximum absolute atomic E-state index is 12.0. The number of carbonyl (C=O) groups excluding carboxylic acids is 1. The molecule has 1 aromatic heterocycles. The predicted molar refractivity (Wildman–Crippen MR) is 70.4 cm³/mol. The maximum atomic E-state index is 12.0. The van der Waals surface area contributed by atoms with Gasteiger partial charge in [-0.25, -0.2) is 0 Å². The zero-order valence-corrected chi connectivity index (χ0v) is 10.3. The number of aromatic nitrogens is 1. The van der Waals surface area contributed by atoms with Crippen LogP contribution >= 0.6 is 0 Å². The molecular weight excluding hydrogens is 228 g/mol. The summed E-state index contributed by atoms with van der Waals surface area (Å²) in [6.07, 6.45) is 1.78. The first-order valence-corrected chi connectivity index (χ1v) is 5.98. The van der Waals surface area contributed by atoms with E-state index in [1.807, 2.05) is 24.3 Å². The Morgan fingerprint density at radius 1 is 1.39 bits per heavy atom. The van der Waals surface area contributed by atoms with Crippen molar-refractivity contribution in [1.29, 1.82) is 0 Å². The van der Waals surface area contributed by atoms with Crippen molar-refractivity contribution >= 4 is 16.8 Å². The summed E-state index contributed by atoms with van der Waals surface area (Å²) in [5.41, 5.74) is 1.42. The first-order valence-electron chi connectivity index (χ1n) is 5.98. The number of hydrogen-bond donors (Lipinski definition) is 2. The minimum absolute atomic E-state index is 0.130. The summed E-state index contributed by atoms with van der Waals surface area (Å²) in [6, 6.07) is 9.24. The third-order valence-corrected chi connectivity index (χ3v) is 2.74. The summed E-state index contributed by atoms with van der Waals surface area (Å²) >= 11 is 0. The van der Waals surface area contributed by atoms with Crippen LogP contribution in [-0.4, -0.2) is 28.6 Å². The van der Waals surface area contributed by atoms with Crippen molar-refractivity contribution in [1.82, 2.24) is 10.3 Å². The number of rotatable bonds is 4. The van der Waals surface area contributed by atoms with Crippen molar-refractivity contribution in [3.8, 4) is 0 Å². The molecule has 1 unspecified atom stereocenters. The quantitative estimate of drug-likeness (QED) is 0.861. The lowest BCUT2D eigenvalue weighted by Crippen LogP contribution is -2.26. The van der Waals surface area contributed by atoms with Crippen LogP contribution in [0.15, 0.2) is 36.5 Å². The number of hydrogen-bond acceptors (Lipinski definition) is 3. The molecule has 2 rings (SSSR count). The van der Waals surface area contributed by atoms with Crippen LogP contribution in [0.1, 0.15) is 23.7 Å². The SMILES string of the molecule is CC(O)CCNC(=O)c1ccnc2ccccc12. The molecular formula is C14H16N2O2. The summed E-state index contributed by atoms with van der Waals surface area (Å²) in [4.78, 5) is 16.2. The van der Waals surface area contributed by atoms with Gasteiger partial charge in [-0.3, -0.25) is 9.78 Å². The van der Waals surface area contributed by atoms with Gasteiger partial charge in [0, 0.05) is 18.1 Å². The lowest BCUT2D eigenvalue weighted by atomic mass is 10.1. The minimum Gasteiger partial charge on any atom is -0.393 e. The molecule has 0 aliphatic carbocycles. The highest BCUT2D eigenvalue weighted by atomic mass is 16.3. The van der Waals surface area contributed by atoms with Crippen LogP contribution in [0, 0.1) is 0 Å². The van der Waals surface area contributed by atoms with E-state index < -0.39 is 6.10 Å². The molecule has 18 heavy (non-hydrogen) atoms. The average Bonchev–Trinajstić information content (AvgIpc) is 2.37. The van der Waals surface area contributed by atoms with Crippen molar-refractivity contribution < 1.29 is 9.90 Å². The highest BCUT2D eigenvalue weighted by molar-refractivity contribution is 6.05. The summed E-state index contributed by atoms with van der Waals surface area (Å²) in [6.45, 7) is 2.17. The van der Waals surface area contributed by atoms with Gasteiger partial charge >= 0.3 is 0 Å². The van der Waals surface area contributed by atoms with Crippen LogP contribution in [0.5, 0.6) is 0 Å². The number of carbonyl (C=O) groups is 1. The molecule has 1 atom stereocenters. The molecule has 0 saturated heterocycles. The second-order valence-electron chi connectivity index (χ2n) is 4.27. The van der Waals surface area contributed by atoms with Crippen LogP contribution in [-0.2, 0) is 0 Å². The van der Waals surface area contributed by atoms with Gasteiger partial charge in [0.25, 0.3) is 5.91 Å². The van der Waals surface area contributed by atoms with Crippen LogP contribution in [0.3, 0.4) is 0 Å². The van der Waals surface area contributed by atoms with Crippen molar-refractivity contribution in [2.75, 3.05) is 6.54 Å². The summed E-state index contributed by atoms with van der Waals surface area (Å²) < 4.78 is 0. The van der Waals surface area contributed by atoms with E-state index in [-0.39, 0.29) is 5.91 Å². The first-order chi connectivity index (χ1) is 8.68. The topological polar surface area (TPSA) is 62.2 Å². The van der Waals surface area contributed by atoms with Gasteiger partial charge in [-0.05, 0) is 25.5 Å².